The van der Waals surface area contributed by atoms with Gasteiger partial charge < -0.3 is 5.32 Å². The van der Waals surface area contributed by atoms with E-state index in [1.807, 2.05) is 6.08 Å². The summed E-state index contributed by atoms with van der Waals surface area (Å²) in [5.74, 6) is 0. The van der Waals surface area contributed by atoms with Gasteiger partial charge in [0.1, 0.15) is 0 Å². The van der Waals surface area contributed by atoms with Crippen LogP contribution < -0.4 is 5.32 Å². The summed E-state index contributed by atoms with van der Waals surface area (Å²) in [6.07, 6.45) is 6.62. The summed E-state index contributed by atoms with van der Waals surface area (Å²) < 4.78 is 0. The highest BCUT2D eigenvalue weighted by Crippen LogP contribution is 2.06. The predicted octanol–water partition coefficient (Wildman–Crippen LogP) is 3.95. The van der Waals surface area contributed by atoms with E-state index >= 15 is 0 Å². The average molecular weight is 231 g/mol. The fourth-order valence-corrected chi connectivity index (χ4v) is 2.05. The Labute approximate surface area is 106 Å². The lowest BCUT2D eigenvalue weighted by Gasteiger charge is -2.19. The number of nitrogens with one attached hydrogen (secondary N) is 1. The van der Waals surface area contributed by atoms with Crippen LogP contribution in [0.25, 0.3) is 0 Å². The number of allylic oxidation sites excluding steroid dienone is 1. The Hall–Kier alpha value is -1.08. The van der Waals surface area contributed by atoms with Gasteiger partial charge in [0.25, 0.3) is 0 Å². The zero-order valence-electron chi connectivity index (χ0n) is 11.2. The summed E-state index contributed by atoms with van der Waals surface area (Å²) in [5.41, 5.74) is 1.43. The van der Waals surface area contributed by atoms with Crippen LogP contribution in [0.1, 0.15) is 38.7 Å². The molecule has 0 fully saturated rings. The number of benzene rings is 1. The first-order valence-corrected chi connectivity index (χ1v) is 6.63. The van der Waals surface area contributed by atoms with Crippen molar-refractivity contribution in [2.24, 2.45) is 0 Å². The Bertz CT molecular complexity index is 305. The zero-order chi connectivity index (χ0) is 12.5. The van der Waals surface area contributed by atoms with Crippen LogP contribution in [-0.2, 0) is 6.42 Å². The Kier molecular flexibility index (Phi) is 6.64. The van der Waals surface area contributed by atoms with Gasteiger partial charge in [-0.1, -0.05) is 36.4 Å². The predicted molar refractivity (Wildman–Crippen MR) is 76.3 cm³/mol. The minimum Gasteiger partial charge on any atom is -0.312 e. The van der Waals surface area contributed by atoms with E-state index in [0.29, 0.717) is 12.1 Å². The standard InChI is InChI=1S/C16H25N/c1-4-5-9-14(2)17-15(3)12-13-16-10-7-6-8-11-16/h4,6-8,10-11,14-15,17H,1,5,9,12-13H2,2-3H3. The Morgan fingerprint density at radius 3 is 2.41 bits per heavy atom. The van der Waals surface area contributed by atoms with E-state index in [2.05, 4.69) is 56.1 Å². The first-order valence-electron chi connectivity index (χ1n) is 6.63. The van der Waals surface area contributed by atoms with Crippen molar-refractivity contribution in [3.63, 3.8) is 0 Å². The maximum Gasteiger partial charge on any atom is 0.00443 e. The highest BCUT2D eigenvalue weighted by molar-refractivity contribution is 5.14. The summed E-state index contributed by atoms with van der Waals surface area (Å²) in [6.45, 7) is 8.28. The van der Waals surface area contributed by atoms with E-state index in [1.165, 1.54) is 18.4 Å². The third-order valence-corrected chi connectivity index (χ3v) is 3.08. The van der Waals surface area contributed by atoms with Crippen LogP contribution in [0, 0.1) is 0 Å². The molecule has 2 atom stereocenters. The van der Waals surface area contributed by atoms with Crippen molar-refractivity contribution in [1.82, 2.24) is 5.32 Å². The molecule has 0 saturated heterocycles. The first-order chi connectivity index (χ1) is 8.22. The highest BCUT2D eigenvalue weighted by Gasteiger charge is 2.06. The molecule has 0 amide bonds. The largest absolute Gasteiger partial charge is 0.312 e. The molecule has 0 saturated carbocycles. The monoisotopic (exact) mass is 231 g/mol. The molecule has 1 aromatic carbocycles. The van der Waals surface area contributed by atoms with Gasteiger partial charge in [0, 0.05) is 12.1 Å². The van der Waals surface area contributed by atoms with Gasteiger partial charge in [0.15, 0.2) is 0 Å². The topological polar surface area (TPSA) is 12.0 Å². The molecule has 1 aromatic rings. The van der Waals surface area contributed by atoms with Gasteiger partial charge in [0.2, 0.25) is 0 Å². The molecule has 1 N–H and O–H groups in total. The van der Waals surface area contributed by atoms with Crippen molar-refractivity contribution in [2.45, 2.75) is 51.6 Å². The molecular weight excluding hydrogens is 206 g/mol. The number of hydrogen-bond acceptors (Lipinski definition) is 1. The van der Waals surface area contributed by atoms with Gasteiger partial charge >= 0.3 is 0 Å². The van der Waals surface area contributed by atoms with Gasteiger partial charge in [-0.25, -0.2) is 0 Å². The van der Waals surface area contributed by atoms with E-state index < -0.39 is 0 Å². The SMILES string of the molecule is C=CCCC(C)NC(C)CCc1ccccc1. The normalized spacial score (nSPS) is 14.2. The van der Waals surface area contributed by atoms with Crippen molar-refractivity contribution < 1.29 is 0 Å². The maximum absolute atomic E-state index is 3.76. The van der Waals surface area contributed by atoms with Crippen molar-refractivity contribution in [2.75, 3.05) is 0 Å². The second-order valence-electron chi connectivity index (χ2n) is 4.86. The van der Waals surface area contributed by atoms with Crippen LogP contribution in [0.4, 0.5) is 0 Å². The fraction of sp³-hybridized carbons (Fsp3) is 0.500. The summed E-state index contributed by atoms with van der Waals surface area (Å²) in [6, 6.07) is 11.9. The van der Waals surface area contributed by atoms with Crippen molar-refractivity contribution in [3.05, 3.63) is 48.6 Å². The number of rotatable bonds is 8. The van der Waals surface area contributed by atoms with Gasteiger partial charge in [-0.15, -0.1) is 6.58 Å². The molecule has 2 unspecified atom stereocenters. The molecule has 0 radical (unpaired) electrons. The fourth-order valence-electron chi connectivity index (χ4n) is 2.05. The summed E-state index contributed by atoms with van der Waals surface area (Å²) in [4.78, 5) is 0. The molecule has 1 heteroatoms. The van der Waals surface area contributed by atoms with Crippen LogP contribution in [0.2, 0.25) is 0 Å². The van der Waals surface area contributed by atoms with Crippen LogP contribution >= 0.6 is 0 Å². The average Bonchev–Trinajstić information content (AvgIpc) is 2.35. The molecule has 0 aromatic heterocycles. The lowest BCUT2D eigenvalue weighted by Crippen LogP contribution is -2.34. The van der Waals surface area contributed by atoms with Gasteiger partial charge in [-0.05, 0) is 45.1 Å². The van der Waals surface area contributed by atoms with Gasteiger partial charge in [-0.2, -0.15) is 0 Å². The van der Waals surface area contributed by atoms with Gasteiger partial charge in [0.05, 0.1) is 0 Å². The smallest absolute Gasteiger partial charge is 0.00443 e. The molecule has 0 aliphatic rings. The van der Waals surface area contributed by atoms with Crippen LogP contribution in [-0.4, -0.2) is 12.1 Å². The summed E-state index contributed by atoms with van der Waals surface area (Å²) in [7, 11) is 0. The van der Waals surface area contributed by atoms with E-state index in [-0.39, 0.29) is 0 Å². The van der Waals surface area contributed by atoms with Gasteiger partial charge in [-0.3, -0.25) is 0 Å². The molecule has 0 heterocycles. The van der Waals surface area contributed by atoms with Crippen molar-refractivity contribution >= 4 is 0 Å². The van der Waals surface area contributed by atoms with Crippen LogP contribution in [0.5, 0.6) is 0 Å². The lowest BCUT2D eigenvalue weighted by molar-refractivity contribution is 0.430. The Morgan fingerprint density at radius 2 is 1.76 bits per heavy atom. The third kappa shape index (κ3) is 6.28. The Balaban J connectivity index is 2.21. The molecular formula is C16H25N. The highest BCUT2D eigenvalue weighted by atomic mass is 14.9. The van der Waals surface area contributed by atoms with Crippen LogP contribution in [0.15, 0.2) is 43.0 Å². The first kappa shape index (κ1) is 14.0. The van der Waals surface area contributed by atoms with E-state index in [1.54, 1.807) is 0 Å². The van der Waals surface area contributed by atoms with E-state index in [4.69, 9.17) is 0 Å². The lowest BCUT2D eigenvalue weighted by atomic mass is 10.0. The molecule has 0 spiro atoms. The van der Waals surface area contributed by atoms with Crippen LogP contribution in [0.3, 0.4) is 0 Å². The molecule has 0 aliphatic heterocycles. The number of hydrogen-bond donors (Lipinski definition) is 1. The molecule has 0 bridgehead atoms. The van der Waals surface area contributed by atoms with Crippen molar-refractivity contribution in [3.8, 4) is 0 Å². The second kappa shape index (κ2) is 8.08. The molecule has 1 rings (SSSR count). The quantitative estimate of drug-likeness (QED) is 0.668. The zero-order valence-corrected chi connectivity index (χ0v) is 11.2. The molecule has 1 nitrogen and oxygen atoms in total. The molecule has 0 aliphatic carbocycles. The third-order valence-electron chi connectivity index (χ3n) is 3.08. The minimum atomic E-state index is 0.579. The minimum absolute atomic E-state index is 0.579. The summed E-state index contributed by atoms with van der Waals surface area (Å²) in [5, 5.41) is 3.64. The van der Waals surface area contributed by atoms with E-state index in [0.717, 1.165) is 12.8 Å². The second-order valence-corrected chi connectivity index (χ2v) is 4.86. The maximum atomic E-state index is 3.76. The summed E-state index contributed by atoms with van der Waals surface area (Å²) >= 11 is 0. The van der Waals surface area contributed by atoms with E-state index in [9.17, 15) is 0 Å². The number of aryl methyl sites for hydroxylation is 1. The Morgan fingerprint density at radius 1 is 1.12 bits per heavy atom. The molecule has 17 heavy (non-hydrogen) atoms. The van der Waals surface area contributed by atoms with Crippen molar-refractivity contribution in [1.29, 1.82) is 0 Å². The molecule has 94 valence electrons.